The molecular weight excluding hydrogens is 464 g/mol. The van der Waals surface area contributed by atoms with E-state index in [2.05, 4.69) is 20.5 Å². The smallest absolute Gasteiger partial charge is 0.166 e. The van der Waals surface area contributed by atoms with Gasteiger partial charge in [-0.05, 0) is 61.4 Å². The van der Waals surface area contributed by atoms with Crippen molar-refractivity contribution in [1.29, 1.82) is 0 Å². The Bertz CT molecular complexity index is 1050. The van der Waals surface area contributed by atoms with E-state index in [-0.39, 0.29) is 5.75 Å². The van der Waals surface area contributed by atoms with E-state index in [9.17, 15) is 5.11 Å². The second-order valence-corrected chi connectivity index (χ2v) is 8.95. The molecular formula is C23H25ClN4O2S2. The van der Waals surface area contributed by atoms with Crippen molar-refractivity contribution in [3.63, 3.8) is 0 Å². The van der Waals surface area contributed by atoms with Gasteiger partial charge >= 0.3 is 0 Å². The van der Waals surface area contributed by atoms with Crippen molar-refractivity contribution in [2.75, 3.05) is 26.5 Å². The Labute approximate surface area is 202 Å². The number of phenolic OH excluding ortho intramolecular Hbond substituents is 1. The van der Waals surface area contributed by atoms with Crippen molar-refractivity contribution >= 4 is 57.4 Å². The highest BCUT2D eigenvalue weighted by molar-refractivity contribution is 8.23. The maximum absolute atomic E-state index is 10.4. The number of nitrogens with one attached hydrogen (secondary N) is 1. The Morgan fingerprint density at radius 1 is 1.22 bits per heavy atom. The van der Waals surface area contributed by atoms with Gasteiger partial charge in [0.2, 0.25) is 0 Å². The summed E-state index contributed by atoms with van der Waals surface area (Å²) in [5.41, 5.74) is 4.22. The summed E-state index contributed by atoms with van der Waals surface area (Å²) < 4.78 is 6.24. The second-order valence-electron chi connectivity index (χ2n) is 7.03. The van der Waals surface area contributed by atoms with E-state index in [1.54, 1.807) is 54.4 Å². The number of thiocarbonyl (C=S) groups is 1. The molecule has 0 heterocycles. The van der Waals surface area contributed by atoms with E-state index in [0.717, 1.165) is 23.5 Å². The molecule has 0 aliphatic heterocycles. The molecule has 2 aromatic carbocycles. The summed E-state index contributed by atoms with van der Waals surface area (Å²) in [6, 6.07) is 10.4. The summed E-state index contributed by atoms with van der Waals surface area (Å²) in [6.45, 7) is 1.25. The molecule has 0 atom stereocenters. The van der Waals surface area contributed by atoms with Gasteiger partial charge in [-0.3, -0.25) is 4.99 Å². The van der Waals surface area contributed by atoms with Gasteiger partial charge in [-0.1, -0.05) is 23.8 Å². The maximum Gasteiger partial charge on any atom is 0.166 e. The fourth-order valence-electron chi connectivity index (χ4n) is 3.27. The fraction of sp³-hybridized carbons (Fsp3) is 0.304. The van der Waals surface area contributed by atoms with E-state index < -0.39 is 0 Å². The molecule has 168 valence electrons. The van der Waals surface area contributed by atoms with E-state index in [0.29, 0.717) is 40.8 Å². The zero-order chi connectivity index (χ0) is 22.9. The largest absolute Gasteiger partial charge is 0.504 e. The van der Waals surface area contributed by atoms with Crippen LogP contribution in [0.5, 0.6) is 11.5 Å². The van der Waals surface area contributed by atoms with Crippen LogP contribution in [0.4, 0.5) is 11.4 Å². The predicted octanol–water partition coefficient (Wildman–Crippen LogP) is 6.61. The van der Waals surface area contributed by atoms with Gasteiger partial charge in [0.15, 0.2) is 11.5 Å². The SMILES string of the molecule is COc1cc(N=Nc2ccc(Cl)cc2)cc(C=NCCNC2=C(C(=S)SC)CCC2)c1O. The lowest BCUT2D eigenvalue weighted by Gasteiger charge is -2.09. The van der Waals surface area contributed by atoms with Crippen molar-refractivity contribution in [2.24, 2.45) is 15.2 Å². The Balaban J connectivity index is 1.66. The highest BCUT2D eigenvalue weighted by atomic mass is 35.5. The third-order valence-electron chi connectivity index (χ3n) is 4.88. The number of rotatable bonds is 9. The topological polar surface area (TPSA) is 78.6 Å². The number of ether oxygens (including phenoxy) is 1. The van der Waals surface area contributed by atoms with Crippen LogP contribution in [-0.4, -0.2) is 42.0 Å². The molecule has 0 saturated heterocycles. The lowest BCUT2D eigenvalue weighted by atomic mass is 10.1. The van der Waals surface area contributed by atoms with Gasteiger partial charge in [0.1, 0.15) is 0 Å². The Morgan fingerprint density at radius 2 is 1.97 bits per heavy atom. The number of allylic oxidation sites excluding steroid dienone is 1. The highest BCUT2D eigenvalue weighted by Crippen LogP contribution is 2.34. The molecule has 0 radical (unpaired) electrons. The number of thioether (sulfide) groups is 1. The molecule has 6 nitrogen and oxygen atoms in total. The fourth-order valence-corrected chi connectivity index (χ4v) is 4.09. The maximum atomic E-state index is 10.4. The highest BCUT2D eigenvalue weighted by Gasteiger charge is 2.17. The molecule has 1 aliphatic carbocycles. The molecule has 0 amide bonds. The number of benzene rings is 2. The molecule has 0 saturated carbocycles. The van der Waals surface area contributed by atoms with Crippen LogP contribution in [0.1, 0.15) is 24.8 Å². The minimum absolute atomic E-state index is 0.0146. The van der Waals surface area contributed by atoms with Crippen LogP contribution in [0, 0.1) is 0 Å². The van der Waals surface area contributed by atoms with Gasteiger partial charge in [-0.2, -0.15) is 10.2 Å². The van der Waals surface area contributed by atoms with E-state index in [1.807, 2.05) is 6.26 Å². The molecule has 0 aromatic heterocycles. The van der Waals surface area contributed by atoms with Crippen molar-refractivity contribution in [3.05, 3.63) is 58.3 Å². The molecule has 1 aliphatic rings. The number of halogens is 1. The first-order valence-electron chi connectivity index (χ1n) is 10.1. The van der Waals surface area contributed by atoms with Gasteiger partial charge in [-0.15, -0.1) is 11.8 Å². The molecule has 0 fully saturated rings. The van der Waals surface area contributed by atoms with Crippen molar-refractivity contribution in [3.8, 4) is 11.5 Å². The summed E-state index contributed by atoms with van der Waals surface area (Å²) in [6.07, 6.45) is 6.83. The van der Waals surface area contributed by atoms with Crippen molar-refractivity contribution < 1.29 is 9.84 Å². The second kappa shape index (κ2) is 12.0. The van der Waals surface area contributed by atoms with Gasteiger partial charge in [0, 0.05) is 35.1 Å². The molecule has 0 bridgehead atoms. The van der Waals surface area contributed by atoms with Crippen LogP contribution in [0.3, 0.4) is 0 Å². The molecule has 0 unspecified atom stereocenters. The van der Waals surface area contributed by atoms with Crippen molar-refractivity contribution in [2.45, 2.75) is 19.3 Å². The number of nitrogens with zero attached hydrogens (tertiary/aromatic N) is 3. The van der Waals surface area contributed by atoms with E-state index in [4.69, 9.17) is 28.6 Å². The van der Waals surface area contributed by atoms with Gasteiger partial charge in [-0.25, -0.2) is 0 Å². The Kier molecular flexibility index (Phi) is 9.08. The monoisotopic (exact) mass is 488 g/mol. The molecule has 32 heavy (non-hydrogen) atoms. The Hall–Kier alpha value is -2.42. The molecule has 0 spiro atoms. The summed E-state index contributed by atoms with van der Waals surface area (Å²) >= 11 is 13.0. The van der Waals surface area contributed by atoms with E-state index >= 15 is 0 Å². The number of phenols is 1. The quantitative estimate of drug-likeness (QED) is 0.180. The average Bonchev–Trinajstić information content (AvgIpc) is 3.28. The van der Waals surface area contributed by atoms with Gasteiger partial charge in [0.05, 0.1) is 29.2 Å². The van der Waals surface area contributed by atoms with Crippen LogP contribution in [-0.2, 0) is 0 Å². The first-order chi connectivity index (χ1) is 15.5. The third kappa shape index (κ3) is 6.54. The number of aromatic hydroxyl groups is 1. The van der Waals surface area contributed by atoms with Crippen molar-refractivity contribution in [1.82, 2.24) is 5.32 Å². The molecule has 3 rings (SSSR count). The number of methoxy groups -OCH3 is 1. The van der Waals surface area contributed by atoms with Crippen LogP contribution >= 0.6 is 35.6 Å². The number of azo groups is 1. The zero-order valence-electron chi connectivity index (χ0n) is 18.0. The minimum atomic E-state index is 0.0146. The summed E-state index contributed by atoms with van der Waals surface area (Å²) in [7, 11) is 1.49. The molecule has 9 heteroatoms. The number of hydrogen-bond acceptors (Lipinski definition) is 8. The predicted molar refractivity (Wildman–Crippen MR) is 138 cm³/mol. The van der Waals surface area contributed by atoms with Crippen LogP contribution in [0.15, 0.2) is 62.9 Å². The van der Waals surface area contributed by atoms with E-state index in [1.165, 1.54) is 18.4 Å². The zero-order valence-corrected chi connectivity index (χ0v) is 20.4. The van der Waals surface area contributed by atoms with Gasteiger partial charge in [0.25, 0.3) is 0 Å². The summed E-state index contributed by atoms with van der Waals surface area (Å²) in [5.74, 6) is 0.323. The summed E-state index contributed by atoms with van der Waals surface area (Å²) in [4.78, 5) is 4.45. The summed E-state index contributed by atoms with van der Waals surface area (Å²) in [5, 5.41) is 23.0. The standard InChI is InChI=1S/C23H25ClN4O2S2/c1-30-21-13-18(28-27-17-8-6-16(24)7-9-17)12-15(22(21)29)14-25-10-11-26-20-5-3-4-19(20)23(31)32-2/h6-9,12-14,26,29H,3-5,10-11H2,1-2H3. The van der Waals surface area contributed by atoms with Crippen LogP contribution in [0.2, 0.25) is 5.02 Å². The number of aliphatic imine (C=N–C) groups is 1. The molecule has 2 aromatic rings. The van der Waals surface area contributed by atoms with Crippen LogP contribution in [0.25, 0.3) is 0 Å². The average molecular weight is 489 g/mol. The Morgan fingerprint density at radius 3 is 2.69 bits per heavy atom. The first-order valence-corrected chi connectivity index (χ1v) is 12.1. The lowest BCUT2D eigenvalue weighted by Crippen LogP contribution is -2.18. The minimum Gasteiger partial charge on any atom is -0.504 e. The first kappa shape index (κ1) is 24.2. The normalized spacial score (nSPS) is 14.0. The third-order valence-corrected chi connectivity index (χ3v) is 6.49. The van der Waals surface area contributed by atoms with Gasteiger partial charge < -0.3 is 15.2 Å². The lowest BCUT2D eigenvalue weighted by molar-refractivity contribution is 0.373. The molecule has 2 N–H and O–H groups in total. The number of hydrogen-bond donors (Lipinski definition) is 2. The van der Waals surface area contributed by atoms with Crippen LogP contribution < -0.4 is 10.1 Å².